The Morgan fingerprint density at radius 1 is 0.274 bits per heavy atom. The van der Waals surface area contributed by atoms with E-state index in [4.69, 9.17) is 3.07 Å². The average Bonchev–Trinajstić information content (AvgIpc) is 3.48. The molecule has 0 spiro atoms. The monoisotopic (exact) mass is 1460 g/mol. The zero-order valence-electron chi connectivity index (χ0n) is 63.0. The van der Waals surface area contributed by atoms with E-state index < -0.39 is 0 Å². The fourth-order valence-electron chi connectivity index (χ4n) is 13.1. The van der Waals surface area contributed by atoms with Crippen molar-refractivity contribution in [3.05, 3.63) is 0 Å². The van der Waals surface area contributed by atoms with Gasteiger partial charge in [-0.2, -0.15) is 0 Å². The van der Waals surface area contributed by atoms with Crippen LogP contribution in [0.4, 0.5) is 0 Å². The molecule has 0 aromatic rings. The molecule has 0 saturated heterocycles. The van der Waals surface area contributed by atoms with Gasteiger partial charge >= 0.3 is 0 Å². The lowest BCUT2D eigenvalue weighted by Crippen LogP contribution is -2.43. The summed E-state index contributed by atoms with van der Waals surface area (Å²) in [5, 5.41) is 16.2. The highest BCUT2D eigenvalue weighted by molar-refractivity contribution is 14.1. The number of ketones is 4. The molecule has 0 unspecified atom stereocenters. The maximum absolute atomic E-state index is 13.4. The van der Waals surface area contributed by atoms with Crippen LogP contribution in [-0.4, -0.2) is 164 Å². The highest BCUT2D eigenvalue weighted by Crippen LogP contribution is 2.18. The number of aliphatic hydroxyl groups excluding tert-OH is 1. The number of aliphatic hydroxyl groups is 1. The molecule has 0 aromatic heterocycles. The molecule has 0 radical (unpaired) electrons. The average molecular weight is 1460 g/mol. The van der Waals surface area contributed by atoms with Crippen LogP contribution in [0.5, 0.6) is 0 Å². The predicted octanol–water partition coefficient (Wildman–Crippen LogP) is 19.2. The molecule has 95 heavy (non-hydrogen) atoms. The number of rotatable bonds is 80. The van der Waals surface area contributed by atoms with Crippen molar-refractivity contribution in [2.45, 2.75) is 374 Å². The number of unbranched alkanes of at least 4 members (excludes halogenated alkanes) is 44. The van der Waals surface area contributed by atoms with Crippen molar-refractivity contribution < 1.29 is 36.9 Å². The fourth-order valence-corrected chi connectivity index (χ4v) is 13.3. The molecule has 0 fully saturated rings. The van der Waals surface area contributed by atoms with Gasteiger partial charge in [0.05, 0.1) is 39.4 Å². The van der Waals surface area contributed by atoms with Crippen molar-refractivity contribution in [1.82, 2.24) is 30.2 Å². The number of hydrogen-bond donors (Lipinski definition) is 3. The Morgan fingerprint density at radius 3 is 0.716 bits per heavy atom. The van der Waals surface area contributed by atoms with Gasteiger partial charge in [0.15, 0.2) is 0 Å². The van der Waals surface area contributed by atoms with E-state index in [1.54, 1.807) is 0 Å². The second kappa shape index (κ2) is 74.8. The van der Waals surface area contributed by atoms with E-state index in [1.165, 1.54) is 231 Å². The Hall–Kier alpha value is -1.89. The van der Waals surface area contributed by atoms with E-state index in [-0.39, 0.29) is 80.6 Å². The summed E-state index contributed by atoms with van der Waals surface area (Å²) in [4.78, 5) is 88.2. The van der Waals surface area contributed by atoms with Crippen molar-refractivity contribution in [2.75, 3.05) is 105 Å². The first kappa shape index (κ1) is 93.1. The van der Waals surface area contributed by atoms with Gasteiger partial charge in [-0.25, -0.2) is 0 Å². The molecule has 0 rings (SSSR count). The normalized spacial score (nSPS) is 11.7. The van der Waals surface area contributed by atoms with Crippen LogP contribution in [0.25, 0.3) is 0 Å². The van der Waals surface area contributed by atoms with Crippen molar-refractivity contribution in [1.29, 1.82) is 0 Å². The molecule has 14 nitrogen and oxygen atoms in total. The summed E-state index contributed by atoms with van der Waals surface area (Å²) in [6.45, 7) is 15.1. The minimum absolute atomic E-state index is 0.0522. The Kier molecular flexibility index (Phi) is 73.3. The predicted molar refractivity (Wildman–Crippen MR) is 411 cm³/mol. The van der Waals surface area contributed by atoms with Gasteiger partial charge in [0.1, 0.15) is 46.1 Å². The Balaban J connectivity index is 5.28. The van der Waals surface area contributed by atoms with Gasteiger partial charge in [0.25, 0.3) is 0 Å². The molecule has 3 N–H and O–H groups in total. The van der Waals surface area contributed by atoms with Gasteiger partial charge in [-0.1, -0.05) is 310 Å². The number of amides is 2. The van der Waals surface area contributed by atoms with Crippen molar-refractivity contribution >= 4 is 58.0 Å². The van der Waals surface area contributed by atoms with Crippen LogP contribution in [0.1, 0.15) is 374 Å². The van der Waals surface area contributed by atoms with Crippen LogP contribution in [0, 0.1) is 0 Å². The highest BCUT2D eigenvalue weighted by atomic mass is 127. The molecule has 15 heteroatoms. The van der Waals surface area contributed by atoms with Gasteiger partial charge in [0.2, 0.25) is 11.8 Å². The smallest absolute Gasteiger partial charge is 0.221 e. The maximum Gasteiger partial charge on any atom is 0.221 e. The second-order valence-corrected chi connectivity index (χ2v) is 29.2. The number of carbonyl (C=O) groups is 6. The van der Waals surface area contributed by atoms with Gasteiger partial charge in [-0.05, 0) is 25.7 Å². The SMILES string of the molecule is CCCCCCCCCCCCCCC(=O)CN(CCNC(=O)CCN(CCO)CCN(CCOI)CCC(=O)NCCN(CC(=O)CCCCCCCCCCCCCC)CC(=O)CCCCCCCCCCCCCC)CC(=O)CCCCCCCCCCCCCC. The van der Waals surface area contributed by atoms with Crippen LogP contribution < -0.4 is 10.6 Å². The fraction of sp³-hybridized carbons (Fsp3) is 0.925. The molecule has 0 aromatic carbocycles. The number of Topliss-reactive ketones (excluding diaryl/α,β-unsaturated/α-hetero) is 4. The summed E-state index contributed by atoms with van der Waals surface area (Å²) in [5.74, 6) is 0.456. The lowest BCUT2D eigenvalue weighted by molar-refractivity contribution is -0.125. The minimum atomic E-state index is -0.114. The summed E-state index contributed by atoms with van der Waals surface area (Å²) >= 11 is 1.89. The largest absolute Gasteiger partial charge is 0.395 e. The van der Waals surface area contributed by atoms with Crippen molar-refractivity contribution in [3.8, 4) is 0 Å². The lowest BCUT2D eigenvalue weighted by Gasteiger charge is -2.27. The Labute approximate surface area is 600 Å². The minimum Gasteiger partial charge on any atom is -0.395 e. The van der Waals surface area contributed by atoms with Gasteiger partial charge in [0, 0.05) is 104 Å². The third-order valence-corrected chi connectivity index (χ3v) is 19.7. The quantitative estimate of drug-likeness (QED) is 0.0390. The third kappa shape index (κ3) is 69.0. The zero-order valence-corrected chi connectivity index (χ0v) is 65.1. The third-order valence-electron chi connectivity index (χ3n) is 19.3. The lowest BCUT2D eigenvalue weighted by atomic mass is 10.0. The molecular formula is C80H155IN6O8. The Morgan fingerprint density at radius 2 is 0.495 bits per heavy atom. The van der Waals surface area contributed by atoms with Gasteiger partial charge in [-0.3, -0.25) is 48.4 Å². The molecule has 0 aliphatic rings. The standard InChI is InChI=1S/C80H155IN6O8/c1-5-9-13-17-21-25-29-33-37-41-45-49-53-75(89)71-86(72-76(90)54-50-46-42-38-34-30-26-22-18-14-10-6-2)63-59-82-79(93)57-61-84(67-69-88)65-66-85(68-70-95-81)62-58-80(94)83-60-64-87(73-77(91)55-51-47-43-39-35-31-27-23-19-15-11-7-3)74-78(92)56-52-48-44-40-36-32-28-24-20-16-12-8-4/h88H,5-74H2,1-4H3,(H,82,93)(H,83,94). The number of hydrogen-bond acceptors (Lipinski definition) is 12. The van der Waals surface area contributed by atoms with Crippen molar-refractivity contribution in [2.24, 2.45) is 0 Å². The second-order valence-electron chi connectivity index (χ2n) is 28.6. The van der Waals surface area contributed by atoms with E-state index in [0.29, 0.717) is 97.7 Å². The van der Waals surface area contributed by atoms with E-state index in [9.17, 15) is 33.9 Å². The number of carbonyl (C=O) groups excluding carboxylic acids is 6. The molecular weight excluding hydrogens is 1300 g/mol. The summed E-state index contributed by atoms with van der Waals surface area (Å²) < 4.78 is 5.42. The molecule has 0 bridgehead atoms. The Bertz CT molecular complexity index is 1650. The first-order valence-electron chi connectivity index (χ1n) is 40.8. The van der Waals surface area contributed by atoms with E-state index in [0.717, 1.165) is 77.0 Å². The molecule has 0 heterocycles. The first-order valence-corrected chi connectivity index (χ1v) is 41.7. The molecule has 0 aliphatic heterocycles. The first-order chi connectivity index (χ1) is 46.5. The van der Waals surface area contributed by atoms with E-state index in [2.05, 4.69) is 48.1 Å². The molecule has 0 saturated carbocycles. The molecule has 0 atom stereocenters. The summed E-state index contributed by atoms with van der Waals surface area (Å²) in [5.41, 5.74) is 0. The number of nitrogens with one attached hydrogen (secondary N) is 2. The van der Waals surface area contributed by atoms with Crippen molar-refractivity contribution in [3.63, 3.8) is 0 Å². The number of nitrogens with zero attached hydrogens (tertiary/aromatic N) is 4. The van der Waals surface area contributed by atoms with Crippen LogP contribution >= 0.6 is 23.0 Å². The van der Waals surface area contributed by atoms with E-state index >= 15 is 0 Å². The van der Waals surface area contributed by atoms with Crippen LogP contribution in [0.15, 0.2) is 0 Å². The number of halogens is 1. The summed E-state index contributed by atoms with van der Waals surface area (Å²) in [6, 6.07) is 0. The zero-order chi connectivity index (χ0) is 69.4. The van der Waals surface area contributed by atoms with Gasteiger partial charge < -0.3 is 18.8 Å². The highest BCUT2D eigenvalue weighted by Gasteiger charge is 2.19. The van der Waals surface area contributed by atoms with Crippen LogP contribution in [0.3, 0.4) is 0 Å². The van der Waals surface area contributed by atoms with Crippen LogP contribution in [0.2, 0.25) is 0 Å². The summed E-state index contributed by atoms with van der Waals surface area (Å²) in [7, 11) is 0. The molecule has 560 valence electrons. The maximum atomic E-state index is 13.4. The summed E-state index contributed by atoms with van der Waals surface area (Å²) in [6.07, 6.45) is 62.4. The topological polar surface area (TPSA) is 169 Å². The molecule has 0 aliphatic carbocycles. The molecule has 2 amide bonds. The van der Waals surface area contributed by atoms with E-state index in [1.807, 2.05) is 32.8 Å². The van der Waals surface area contributed by atoms with Gasteiger partial charge in [-0.15, -0.1) is 0 Å². The van der Waals surface area contributed by atoms with Crippen LogP contribution in [-0.2, 0) is 31.8 Å².